The summed E-state index contributed by atoms with van der Waals surface area (Å²) in [4.78, 5) is 17.7. The summed E-state index contributed by atoms with van der Waals surface area (Å²) in [6.45, 7) is -1.00. The zero-order valence-electron chi connectivity index (χ0n) is 3.33. The van der Waals surface area contributed by atoms with Crippen molar-refractivity contribution in [1.29, 1.82) is 0 Å². The lowest BCUT2D eigenvalue weighted by molar-refractivity contribution is -0.469. The third kappa shape index (κ3) is 4.87. The number of carboxylic acids is 1. The molecule has 0 aliphatic carbocycles. The van der Waals surface area contributed by atoms with Gasteiger partial charge in [-0.2, -0.15) is 0 Å². The Hall–Kier alpha value is -1.13. The first-order chi connectivity index (χ1) is 3.13. The molecular formula is C2H3NO4. The molecule has 0 fully saturated rings. The van der Waals surface area contributed by atoms with Gasteiger partial charge in [-0.05, 0) is 0 Å². The fourth-order valence-electron chi connectivity index (χ4n) is 0.110. The largest absolute Gasteiger partial charge is 0.476 e. The van der Waals surface area contributed by atoms with E-state index in [9.17, 15) is 14.9 Å². The van der Waals surface area contributed by atoms with Gasteiger partial charge in [-0.3, -0.25) is 10.1 Å². The van der Waals surface area contributed by atoms with Crippen molar-refractivity contribution < 1.29 is 14.8 Å². The molecule has 0 radical (unpaired) electrons. The van der Waals surface area contributed by atoms with Gasteiger partial charge >= 0.3 is 5.97 Å². The van der Waals surface area contributed by atoms with Crippen LogP contribution in [0.25, 0.3) is 0 Å². The maximum absolute atomic E-state index is 9.37. The third-order valence-electron chi connectivity index (χ3n) is 0.264. The number of rotatable bonds is 2. The highest BCUT2D eigenvalue weighted by atomic mass is 16.6. The Kier molecular flexibility index (Phi) is 1.78. The van der Waals surface area contributed by atoms with E-state index in [1.807, 2.05) is 0 Å². The van der Waals surface area contributed by atoms with E-state index in [1.165, 1.54) is 0 Å². The van der Waals surface area contributed by atoms with Crippen molar-refractivity contribution in [2.45, 2.75) is 0 Å². The minimum Gasteiger partial charge on any atom is -0.476 e. The van der Waals surface area contributed by atoms with Gasteiger partial charge in [0, 0.05) is 4.92 Å². The monoisotopic (exact) mass is 105 g/mol. The van der Waals surface area contributed by atoms with Gasteiger partial charge in [-0.15, -0.1) is 0 Å². The highest BCUT2D eigenvalue weighted by molar-refractivity contribution is 5.67. The molecule has 0 aliphatic rings. The Balaban J connectivity index is 3.32. The van der Waals surface area contributed by atoms with Crippen molar-refractivity contribution >= 4 is 5.97 Å². The zero-order chi connectivity index (χ0) is 5.86. The normalized spacial score (nSPS) is 8.00. The van der Waals surface area contributed by atoms with Gasteiger partial charge in [0.15, 0.2) is 0 Å². The molecular weight excluding hydrogens is 102 g/mol. The van der Waals surface area contributed by atoms with Crippen LogP contribution in [0.3, 0.4) is 0 Å². The van der Waals surface area contributed by atoms with Crippen LogP contribution in [0.5, 0.6) is 0 Å². The van der Waals surface area contributed by atoms with Crippen LogP contribution in [-0.4, -0.2) is 22.5 Å². The maximum atomic E-state index is 9.37. The first-order valence-electron chi connectivity index (χ1n) is 1.46. The quantitative estimate of drug-likeness (QED) is 0.373. The molecule has 0 aromatic heterocycles. The number of nitrogens with zero attached hydrogens (tertiary/aromatic N) is 1. The van der Waals surface area contributed by atoms with E-state index in [0.29, 0.717) is 0 Å². The van der Waals surface area contributed by atoms with Gasteiger partial charge in [0.2, 0.25) is 0 Å². The van der Waals surface area contributed by atoms with Crippen molar-refractivity contribution in [3.8, 4) is 0 Å². The van der Waals surface area contributed by atoms with Crippen LogP contribution in [-0.2, 0) is 4.79 Å². The molecule has 5 heteroatoms. The maximum Gasteiger partial charge on any atom is 0.376 e. The molecule has 0 aromatic carbocycles. The minimum absolute atomic E-state index is 0.900. The molecule has 0 bridgehead atoms. The lowest BCUT2D eigenvalue weighted by Crippen LogP contribution is -2.11. The molecule has 0 amide bonds. The average Bonchev–Trinajstić information content (AvgIpc) is 1.27. The smallest absolute Gasteiger partial charge is 0.376 e. The highest BCUT2D eigenvalue weighted by Gasteiger charge is 2.02. The highest BCUT2D eigenvalue weighted by Crippen LogP contribution is 1.64. The minimum atomic E-state index is -1.41. The molecule has 1 N–H and O–H groups in total. The zero-order valence-corrected chi connectivity index (χ0v) is 3.33. The second-order valence-corrected chi connectivity index (χ2v) is 0.885. The molecule has 0 spiro atoms. The average molecular weight is 105 g/mol. The second kappa shape index (κ2) is 2.12. The third-order valence-corrected chi connectivity index (χ3v) is 0.264. The Morgan fingerprint density at radius 3 is 2.29 bits per heavy atom. The molecule has 0 unspecified atom stereocenters. The Morgan fingerprint density at radius 1 is 1.86 bits per heavy atom. The van der Waals surface area contributed by atoms with Gasteiger partial charge in [-0.1, -0.05) is 0 Å². The first-order valence-corrected chi connectivity index (χ1v) is 1.46. The van der Waals surface area contributed by atoms with E-state index < -0.39 is 17.4 Å². The predicted molar refractivity (Wildman–Crippen MR) is 19.5 cm³/mol. The molecule has 0 aliphatic heterocycles. The van der Waals surface area contributed by atoms with Crippen LogP contribution in [0.2, 0.25) is 0 Å². The molecule has 5 nitrogen and oxygen atoms in total. The molecule has 40 valence electrons. The van der Waals surface area contributed by atoms with Crippen molar-refractivity contribution in [2.24, 2.45) is 0 Å². The fraction of sp³-hybridized carbons (Fsp3) is 0.500. The number of nitro groups is 1. The summed E-state index contributed by atoms with van der Waals surface area (Å²) in [6.07, 6.45) is 0. The van der Waals surface area contributed by atoms with E-state index in [-0.39, 0.29) is 0 Å². The molecule has 0 saturated carbocycles. The number of hydrogen-bond acceptors (Lipinski definition) is 3. The summed E-state index contributed by atoms with van der Waals surface area (Å²) in [7, 11) is 0. The van der Waals surface area contributed by atoms with Gasteiger partial charge < -0.3 is 5.11 Å². The summed E-state index contributed by atoms with van der Waals surface area (Å²) < 4.78 is 0. The van der Waals surface area contributed by atoms with Crippen molar-refractivity contribution in [3.63, 3.8) is 0 Å². The Morgan fingerprint density at radius 2 is 2.29 bits per heavy atom. The lowest BCUT2D eigenvalue weighted by Gasteiger charge is -1.79. The number of carboxylic acid groups (broad SMARTS) is 1. The summed E-state index contributed by atoms with van der Waals surface area (Å²) in [5, 5.41) is 16.9. The number of aliphatic carboxylic acids is 1. The van der Waals surface area contributed by atoms with Crippen LogP contribution in [0.15, 0.2) is 0 Å². The van der Waals surface area contributed by atoms with E-state index in [1.54, 1.807) is 0 Å². The molecule has 0 rings (SSSR count). The molecule has 0 heterocycles. The SMILES string of the molecule is O=C(O)C[N+](=O)[O-]. The van der Waals surface area contributed by atoms with Crippen LogP contribution >= 0.6 is 0 Å². The molecule has 0 saturated heterocycles. The van der Waals surface area contributed by atoms with Crippen LogP contribution in [0.4, 0.5) is 0 Å². The van der Waals surface area contributed by atoms with Gasteiger partial charge in [-0.25, -0.2) is 4.79 Å². The Labute approximate surface area is 38.7 Å². The van der Waals surface area contributed by atoms with Crippen LogP contribution in [0.1, 0.15) is 0 Å². The van der Waals surface area contributed by atoms with E-state index >= 15 is 0 Å². The predicted octanol–water partition coefficient (Wildman–Crippen LogP) is -0.652. The van der Waals surface area contributed by atoms with Crippen LogP contribution < -0.4 is 0 Å². The van der Waals surface area contributed by atoms with E-state index in [4.69, 9.17) is 5.11 Å². The summed E-state index contributed by atoms with van der Waals surface area (Å²) in [5.41, 5.74) is 0. The lowest BCUT2D eigenvalue weighted by atomic mass is 10.7. The van der Waals surface area contributed by atoms with Gasteiger partial charge in [0.05, 0.1) is 0 Å². The topological polar surface area (TPSA) is 80.4 Å². The van der Waals surface area contributed by atoms with Gasteiger partial charge in [0.1, 0.15) is 0 Å². The summed E-state index contributed by atoms with van der Waals surface area (Å²) in [6, 6.07) is 0. The molecule has 7 heavy (non-hydrogen) atoms. The summed E-state index contributed by atoms with van der Waals surface area (Å²) in [5.74, 6) is -1.41. The second-order valence-electron chi connectivity index (χ2n) is 0.885. The molecule has 0 atom stereocenters. The summed E-state index contributed by atoms with van der Waals surface area (Å²) >= 11 is 0. The van der Waals surface area contributed by atoms with Gasteiger partial charge in [0.25, 0.3) is 6.54 Å². The van der Waals surface area contributed by atoms with Crippen molar-refractivity contribution in [1.82, 2.24) is 0 Å². The fourth-order valence-corrected chi connectivity index (χ4v) is 0.110. The standard InChI is InChI=1S/C2H3NO4/c4-2(5)1-3(6)7/h1H2,(H,4,5). The van der Waals surface area contributed by atoms with Crippen LogP contribution in [0, 0.1) is 10.1 Å². The Bertz CT molecular complexity index is 85.9. The van der Waals surface area contributed by atoms with E-state index in [2.05, 4.69) is 0 Å². The first kappa shape index (κ1) is 5.87. The number of carbonyl (C=O) groups is 1. The van der Waals surface area contributed by atoms with E-state index in [0.717, 1.165) is 0 Å². The van der Waals surface area contributed by atoms with Crippen molar-refractivity contribution in [2.75, 3.05) is 6.54 Å². The number of hydrogen-bond donors (Lipinski definition) is 1. The molecule has 0 aromatic rings. The van der Waals surface area contributed by atoms with Crippen molar-refractivity contribution in [3.05, 3.63) is 10.1 Å².